The summed E-state index contributed by atoms with van der Waals surface area (Å²) in [6.45, 7) is 7.24. The zero-order valence-corrected chi connectivity index (χ0v) is 15.3. The second kappa shape index (κ2) is 7.20. The molecule has 0 spiro atoms. The van der Waals surface area contributed by atoms with Gasteiger partial charge < -0.3 is 20.1 Å². The van der Waals surface area contributed by atoms with Crippen LogP contribution in [0.5, 0.6) is 0 Å². The largest absolute Gasteiger partial charge is 0.378 e. The van der Waals surface area contributed by atoms with E-state index in [2.05, 4.69) is 11.0 Å². The number of carbonyl (C=O) groups excluding carboxylic acids is 1. The highest BCUT2D eigenvalue weighted by atomic mass is 32.2. The number of fused-ring (bicyclic) bond motifs is 1. The molecule has 8 heteroatoms. The van der Waals surface area contributed by atoms with Crippen molar-refractivity contribution in [3.63, 3.8) is 0 Å². The third kappa shape index (κ3) is 3.89. The van der Waals surface area contributed by atoms with Crippen molar-refractivity contribution in [1.29, 1.82) is 5.26 Å². The first-order chi connectivity index (χ1) is 11.9. The van der Waals surface area contributed by atoms with E-state index in [0.29, 0.717) is 36.8 Å². The fraction of sp³-hybridized carbons (Fsp3) is 0.588. The van der Waals surface area contributed by atoms with Crippen molar-refractivity contribution < 1.29 is 14.3 Å². The summed E-state index contributed by atoms with van der Waals surface area (Å²) in [5.74, 6) is 0.507. The smallest absolute Gasteiger partial charge is 0.227 e. The molecule has 0 aliphatic carbocycles. The van der Waals surface area contributed by atoms with E-state index in [4.69, 9.17) is 20.2 Å². The Kier molecular flexibility index (Phi) is 5.18. The summed E-state index contributed by atoms with van der Waals surface area (Å²) in [5.41, 5.74) is 7.42. The van der Waals surface area contributed by atoms with Crippen molar-refractivity contribution in [3.05, 3.63) is 16.7 Å². The number of nitrogens with two attached hydrogens (primary N) is 1. The first kappa shape index (κ1) is 18.0. The molecule has 0 aromatic carbocycles. The minimum absolute atomic E-state index is 0.100. The second-order valence-electron chi connectivity index (χ2n) is 6.76. The number of hydrogen-bond donors (Lipinski definition) is 1. The maximum absolute atomic E-state index is 11.2. The molecular weight excluding hydrogens is 340 g/mol. The maximum atomic E-state index is 11.2. The molecule has 2 N–H and O–H groups in total. The molecule has 3 rings (SSSR count). The Morgan fingerprint density at radius 1 is 1.40 bits per heavy atom. The SMILES string of the molecule is CC1(C)Cc2c(C#N)c(SCC(N)=O)nc(N3CCOCC3)c2CO1. The Morgan fingerprint density at radius 3 is 2.76 bits per heavy atom. The van der Waals surface area contributed by atoms with Gasteiger partial charge in [-0.2, -0.15) is 5.26 Å². The lowest BCUT2D eigenvalue weighted by Crippen LogP contribution is -2.39. The predicted octanol–water partition coefficient (Wildman–Crippen LogP) is 1.22. The molecule has 1 saturated heterocycles. The van der Waals surface area contributed by atoms with Gasteiger partial charge in [-0.1, -0.05) is 11.8 Å². The number of aromatic nitrogens is 1. The summed E-state index contributed by atoms with van der Waals surface area (Å²) >= 11 is 1.22. The first-order valence-electron chi connectivity index (χ1n) is 8.25. The van der Waals surface area contributed by atoms with Crippen LogP contribution in [0.4, 0.5) is 5.82 Å². The Hall–Kier alpha value is -1.82. The van der Waals surface area contributed by atoms with Gasteiger partial charge in [-0.3, -0.25) is 4.79 Å². The molecule has 7 nitrogen and oxygen atoms in total. The molecule has 1 aromatic rings. The Balaban J connectivity index is 2.09. The van der Waals surface area contributed by atoms with Crippen LogP contribution >= 0.6 is 11.8 Å². The molecule has 2 aliphatic rings. The second-order valence-corrected chi connectivity index (χ2v) is 7.73. The van der Waals surface area contributed by atoms with Gasteiger partial charge in [-0.05, 0) is 19.4 Å². The van der Waals surface area contributed by atoms with Crippen molar-refractivity contribution in [1.82, 2.24) is 4.98 Å². The topological polar surface area (TPSA) is 101 Å². The van der Waals surface area contributed by atoms with Crippen molar-refractivity contribution in [3.8, 4) is 6.07 Å². The van der Waals surface area contributed by atoms with Crippen molar-refractivity contribution >= 4 is 23.5 Å². The van der Waals surface area contributed by atoms with Gasteiger partial charge in [0.05, 0.1) is 36.7 Å². The van der Waals surface area contributed by atoms with E-state index >= 15 is 0 Å². The number of carbonyl (C=O) groups is 1. The number of hydrogen-bond acceptors (Lipinski definition) is 7. The zero-order chi connectivity index (χ0) is 18.0. The summed E-state index contributed by atoms with van der Waals surface area (Å²) in [4.78, 5) is 18.1. The Morgan fingerprint density at radius 2 is 2.12 bits per heavy atom. The quantitative estimate of drug-likeness (QED) is 0.804. The van der Waals surface area contributed by atoms with Crippen LogP contribution < -0.4 is 10.6 Å². The highest BCUT2D eigenvalue weighted by molar-refractivity contribution is 8.00. The van der Waals surface area contributed by atoms with Gasteiger partial charge in [0.15, 0.2) is 0 Å². The van der Waals surface area contributed by atoms with E-state index < -0.39 is 5.91 Å². The monoisotopic (exact) mass is 362 g/mol. The number of morpholine rings is 1. The van der Waals surface area contributed by atoms with Crippen molar-refractivity contribution in [2.75, 3.05) is 37.0 Å². The fourth-order valence-corrected chi connectivity index (χ4v) is 3.86. The summed E-state index contributed by atoms with van der Waals surface area (Å²) in [7, 11) is 0. The lowest BCUT2D eigenvalue weighted by molar-refractivity contribution is -0.115. The van der Waals surface area contributed by atoms with E-state index in [0.717, 1.165) is 30.0 Å². The number of nitrogens with zero attached hydrogens (tertiary/aromatic N) is 3. The molecule has 2 aliphatic heterocycles. The summed E-state index contributed by atoms with van der Waals surface area (Å²) in [5, 5.41) is 10.3. The third-order valence-corrected chi connectivity index (χ3v) is 5.34. The molecular formula is C17H22N4O3S. The zero-order valence-electron chi connectivity index (χ0n) is 14.5. The van der Waals surface area contributed by atoms with Crippen LogP contribution in [0.3, 0.4) is 0 Å². The van der Waals surface area contributed by atoms with Crippen LogP contribution in [0.1, 0.15) is 30.5 Å². The lowest BCUT2D eigenvalue weighted by Gasteiger charge is -2.36. The van der Waals surface area contributed by atoms with Crippen LogP contribution in [0, 0.1) is 11.3 Å². The minimum Gasteiger partial charge on any atom is -0.378 e. The van der Waals surface area contributed by atoms with E-state index in [1.807, 2.05) is 13.8 Å². The number of pyridine rings is 1. The molecule has 134 valence electrons. The molecule has 1 fully saturated rings. The first-order valence-corrected chi connectivity index (χ1v) is 9.23. The number of primary amides is 1. The Bertz CT molecular complexity index is 724. The summed E-state index contributed by atoms with van der Waals surface area (Å²) < 4.78 is 11.4. The van der Waals surface area contributed by atoms with E-state index in [1.54, 1.807) is 0 Å². The number of nitriles is 1. The molecule has 25 heavy (non-hydrogen) atoms. The number of amides is 1. The molecule has 3 heterocycles. The van der Waals surface area contributed by atoms with Crippen LogP contribution in [-0.2, 0) is 27.3 Å². The molecule has 0 radical (unpaired) electrons. The molecule has 0 saturated carbocycles. The number of anilines is 1. The van der Waals surface area contributed by atoms with Crippen molar-refractivity contribution in [2.45, 2.75) is 37.5 Å². The van der Waals surface area contributed by atoms with E-state index in [1.165, 1.54) is 11.8 Å². The molecule has 1 amide bonds. The van der Waals surface area contributed by atoms with Gasteiger partial charge in [-0.15, -0.1) is 0 Å². The average Bonchev–Trinajstić information content (AvgIpc) is 2.58. The molecule has 1 aromatic heterocycles. The standard InChI is InChI=1S/C17H22N4O3S/c1-17(2)7-11-12(8-18)16(25-10-14(19)22)20-15(13(11)9-24-17)21-3-5-23-6-4-21/h3-7,9-10H2,1-2H3,(H2,19,22). The van der Waals surface area contributed by atoms with Gasteiger partial charge in [0.2, 0.25) is 5.91 Å². The van der Waals surface area contributed by atoms with Crippen LogP contribution in [0.15, 0.2) is 5.03 Å². The normalized spacial score (nSPS) is 19.2. The summed E-state index contributed by atoms with van der Waals surface area (Å²) in [6, 6.07) is 2.28. The van der Waals surface area contributed by atoms with Gasteiger partial charge >= 0.3 is 0 Å². The fourth-order valence-electron chi connectivity index (χ4n) is 3.12. The van der Waals surface area contributed by atoms with Gasteiger partial charge in [-0.25, -0.2) is 4.98 Å². The van der Waals surface area contributed by atoms with Crippen LogP contribution in [-0.4, -0.2) is 48.5 Å². The Labute approximate surface area is 151 Å². The summed E-state index contributed by atoms with van der Waals surface area (Å²) in [6.07, 6.45) is 0.634. The molecule has 0 atom stereocenters. The van der Waals surface area contributed by atoms with Crippen LogP contribution in [0.2, 0.25) is 0 Å². The number of thioether (sulfide) groups is 1. The third-order valence-electron chi connectivity index (χ3n) is 4.34. The number of ether oxygens (including phenoxy) is 2. The highest BCUT2D eigenvalue weighted by Gasteiger charge is 2.33. The lowest BCUT2D eigenvalue weighted by atomic mass is 9.89. The van der Waals surface area contributed by atoms with Gasteiger partial charge in [0.25, 0.3) is 0 Å². The van der Waals surface area contributed by atoms with Gasteiger partial charge in [0.1, 0.15) is 16.9 Å². The van der Waals surface area contributed by atoms with E-state index in [9.17, 15) is 10.1 Å². The van der Waals surface area contributed by atoms with E-state index in [-0.39, 0.29) is 11.4 Å². The minimum atomic E-state index is -0.426. The predicted molar refractivity (Wildman–Crippen MR) is 94.5 cm³/mol. The maximum Gasteiger partial charge on any atom is 0.227 e. The average molecular weight is 362 g/mol. The highest BCUT2D eigenvalue weighted by Crippen LogP contribution is 2.38. The van der Waals surface area contributed by atoms with Gasteiger partial charge in [0, 0.05) is 25.1 Å². The number of rotatable bonds is 4. The van der Waals surface area contributed by atoms with Crippen molar-refractivity contribution in [2.24, 2.45) is 5.73 Å². The molecule has 0 unspecified atom stereocenters. The molecule has 0 bridgehead atoms. The van der Waals surface area contributed by atoms with Crippen LogP contribution in [0.25, 0.3) is 0 Å².